The van der Waals surface area contributed by atoms with E-state index in [9.17, 15) is 4.79 Å². The number of nitrogens with one attached hydrogen (secondary N) is 1. The fourth-order valence-corrected chi connectivity index (χ4v) is 3.93. The zero-order valence-electron chi connectivity index (χ0n) is 17.9. The van der Waals surface area contributed by atoms with Crippen molar-refractivity contribution in [1.29, 1.82) is 0 Å². The van der Waals surface area contributed by atoms with Crippen LogP contribution in [0.25, 0.3) is 21.5 Å². The minimum absolute atomic E-state index is 0.0769. The van der Waals surface area contributed by atoms with Crippen molar-refractivity contribution in [1.82, 2.24) is 5.43 Å². The smallest absolute Gasteiger partial charge is 0.240 e. The number of rotatable bonds is 7. The largest absolute Gasteiger partial charge is 0.497 e. The Kier molecular flexibility index (Phi) is 6.27. The van der Waals surface area contributed by atoms with Crippen LogP contribution in [0.4, 0.5) is 0 Å². The summed E-state index contributed by atoms with van der Waals surface area (Å²) in [4.78, 5) is 12.3. The third-order valence-electron chi connectivity index (χ3n) is 5.60. The highest BCUT2D eigenvalue weighted by molar-refractivity contribution is 6.13. The van der Waals surface area contributed by atoms with Gasteiger partial charge in [0, 0.05) is 12.0 Å². The molecule has 4 nitrogen and oxygen atoms in total. The number of carbonyl (C=O) groups is 1. The Morgan fingerprint density at radius 2 is 1.65 bits per heavy atom. The molecule has 0 aromatic heterocycles. The summed E-state index contributed by atoms with van der Waals surface area (Å²) in [7, 11) is 1.67. The van der Waals surface area contributed by atoms with E-state index < -0.39 is 0 Å². The van der Waals surface area contributed by atoms with E-state index in [0.29, 0.717) is 6.42 Å². The summed E-state index contributed by atoms with van der Waals surface area (Å²) in [6, 6.07) is 24.7. The van der Waals surface area contributed by atoms with Gasteiger partial charge in [0.25, 0.3) is 0 Å². The molecule has 156 valence electrons. The summed E-state index contributed by atoms with van der Waals surface area (Å²) in [5.41, 5.74) is 6.12. The van der Waals surface area contributed by atoms with Crippen LogP contribution in [-0.4, -0.2) is 19.2 Å². The Labute approximate surface area is 182 Å². The number of carbonyl (C=O) groups excluding carboxylic acids is 1. The number of fused-ring (bicyclic) bond motifs is 2. The third-order valence-corrected chi connectivity index (χ3v) is 5.60. The maximum atomic E-state index is 12.3. The van der Waals surface area contributed by atoms with Crippen LogP contribution >= 0.6 is 0 Å². The highest BCUT2D eigenvalue weighted by Crippen LogP contribution is 2.27. The first-order chi connectivity index (χ1) is 15.2. The lowest BCUT2D eigenvalue weighted by molar-refractivity contribution is -0.121. The van der Waals surface area contributed by atoms with Crippen LogP contribution in [0.1, 0.15) is 29.5 Å². The molecule has 0 fully saturated rings. The summed E-state index contributed by atoms with van der Waals surface area (Å²) in [5, 5.41) is 8.82. The molecule has 0 radical (unpaired) electrons. The van der Waals surface area contributed by atoms with Crippen molar-refractivity contribution < 1.29 is 9.53 Å². The van der Waals surface area contributed by atoms with Crippen LogP contribution in [0.2, 0.25) is 0 Å². The van der Waals surface area contributed by atoms with Gasteiger partial charge in [0.05, 0.1) is 13.3 Å². The maximum Gasteiger partial charge on any atom is 0.240 e. The lowest BCUT2D eigenvalue weighted by Gasteiger charge is -2.08. The second-order valence-electron chi connectivity index (χ2n) is 7.67. The van der Waals surface area contributed by atoms with Gasteiger partial charge in [-0.15, -0.1) is 0 Å². The number of hydrazone groups is 1. The molecule has 0 aliphatic heterocycles. The Bertz CT molecular complexity index is 1210. The van der Waals surface area contributed by atoms with Crippen molar-refractivity contribution in [2.24, 2.45) is 5.10 Å². The molecule has 1 amide bonds. The Morgan fingerprint density at radius 1 is 0.968 bits per heavy atom. The molecule has 0 aliphatic carbocycles. The molecule has 31 heavy (non-hydrogen) atoms. The van der Waals surface area contributed by atoms with Crippen LogP contribution in [0.15, 0.2) is 77.9 Å². The van der Waals surface area contributed by atoms with Crippen LogP contribution in [-0.2, 0) is 11.2 Å². The van der Waals surface area contributed by atoms with Gasteiger partial charge in [0.1, 0.15) is 5.75 Å². The molecule has 0 aliphatic rings. The summed E-state index contributed by atoms with van der Waals surface area (Å²) < 4.78 is 5.25. The summed E-state index contributed by atoms with van der Waals surface area (Å²) >= 11 is 0. The fraction of sp³-hybridized carbons (Fsp3) is 0.185. The molecule has 4 rings (SSSR count). The van der Waals surface area contributed by atoms with Crippen LogP contribution < -0.4 is 10.2 Å². The van der Waals surface area contributed by atoms with Gasteiger partial charge in [0.15, 0.2) is 0 Å². The average molecular weight is 411 g/mol. The standard InChI is InChI=1S/C27H26N2O2/c1-19-16-23(31-2)15-14-20(19)10-7-13-27(30)29-28-18-26-24-11-5-3-8-21(24)17-22-9-4-6-12-25(22)26/h3-6,8-9,11-12,14-18H,7,10,13H2,1-2H3,(H,29,30)/b28-18-. The van der Waals surface area contributed by atoms with E-state index in [1.165, 1.54) is 11.1 Å². The average Bonchev–Trinajstić information content (AvgIpc) is 2.79. The summed E-state index contributed by atoms with van der Waals surface area (Å²) in [6.45, 7) is 2.07. The normalized spacial score (nSPS) is 11.3. The van der Waals surface area contributed by atoms with E-state index in [-0.39, 0.29) is 5.91 Å². The van der Waals surface area contributed by atoms with E-state index in [2.05, 4.69) is 53.8 Å². The van der Waals surface area contributed by atoms with Gasteiger partial charge >= 0.3 is 0 Å². The van der Waals surface area contributed by atoms with Crippen molar-refractivity contribution in [3.05, 3.63) is 89.5 Å². The number of methoxy groups -OCH3 is 1. The minimum Gasteiger partial charge on any atom is -0.497 e. The zero-order chi connectivity index (χ0) is 21.6. The highest BCUT2D eigenvalue weighted by Gasteiger charge is 2.07. The zero-order valence-corrected chi connectivity index (χ0v) is 17.9. The maximum absolute atomic E-state index is 12.3. The molecule has 1 N–H and O–H groups in total. The fourth-order valence-electron chi connectivity index (χ4n) is 3.93. The number of hydrogen-bond donors (Lipinski definition) is 1. The molecule has 0 atom stereocenters. The first-order valence-corrected chi connectivity index (χ1v) is 10.5. The van der Waals surface area contributed by atoms with Crippen LogP contribution in [0.3, 0.4) is 0 Å². The Hall–Kier alpha value is -3.66. The number of aryl methyl sites for hydroxylation is 2. The van der Waals surface area contributed by atoms with E-state index >= 15 is 0 Å². The first-order valence-electron chi connectivity index (χ1n) is 10.5. The quantitative estimate of drug-likeness (QED) is 0.238. The first kappa shape index (κ1) is 20.6. The van der Waals surface area contributed by atoms with Crippen LogP contribution in [0.5, 0.6) is 5.75 Å². The summed E-state index contributed by atoms with van der Waals surface area (Å²) in [5.74, 6) is 0.779. The molecule has 0 spiro atoms. The molecular formula is C27H26N2O2. The monoisotopic (exact) mass is 410 g/mol. The van der Waals surface area contributed by atoms with E-state index in [1.807, 2.05) is 36.4 Å². The third kappa shape index (κ3) is 4.75. The van der Waals surface area contributed by atoms with Gasteiger partial charge in [-0.2, -0.15) is 5.10 Å². The van der Waals surface area contributed by atoms with Gasteiger partial charge in [0.2, 0.25) is 5.91 Å². The lowest BCUT2D eigenvalue weighted by Crippen LogP contribution is -2.17. The van der Waals surface area contributed by atoms with Crippen molar-refractivity contribution in [3.63, 3.8) is 0 Å². The molecule has 4 aromatic carbocycles. The predicted octanol–water partition coefficient (Wildman–Crippen LogP) is 5.78. The van der Waals surface area contributed by atoms with Gasteiger partial charge in [-0.05, 0) is 70.6 Å². The lowest BCUT2D eigenvalue weighted by atomic mass is 9.97. The van der Waals surface area contributed by atoms with E-state index in [0.717, 1.165) is 45.7 Å². The summed E-state index contributed by atoms with van der Waals surface area (Å²) in [6.07, 6.45) is 3.81. The van der Waals surface area contributed by atoms with Gasteiger partial charge < -0.3 is 4.74 Å². The number of hydrogen-bond acceptors (Lipinski definition) is 3. The van der Waals surface area contributed by atoms with Crippen molar-refractivity contribution >= 4 is 33.7 Å². The number of nitrogens with zero attached hydrogens (tertiary/aromatic N) is 1. The molecule has 0 unspecified atom stereocenters. The SMILES string of the molecule is COc1ccc(CCCC(=O)N/N=C\c2c3ccccc3cc3ccccc23)c(C)c1. The highest BCUT2D eigenvalue weighted by atomic mass is 16.5. The van der Waals surface area contributed by atoms with Gasteiger partial charge in [-0.1, -0.05) is 54.6 Å². The van der Waals surface area contributed by atoms with Crippen molar-refractivity contribution in [2.75, 3.05) is 7.11 Å². The van der Waals surface area contributed by atoms with Crippen molar-refractivity contribution in [2.45, 2.75) is 26.2 Å². The Morgan fingerprint density at radius 3 is 2.29 bits per heavy atom. The van der Waals surface area contributed by atoms with Gasteiger partial charge in [-0.25, -0.2) is 5.43 Å². The molecule has 4 heteroatoms. The molecule has 0 saturated carbocycles. The molecule has 0 saturated heterocycles. The molecule has 0 heterocycles. The predicted molar refractivity (Wildman–Crippen MR) is 128 cm³/mol. The number of benzene rings is 4. The van der Waals surface area contributed by atoms with Crippen LogP contribution in [0, 0.1) is 6.92 Å². The van der Waals surface area contributed by atoms with Crippen molar-refractivity contribution in [3.8, 4) is 5.75 Å². The second kappa shape index (κ2) is 9.43. The molecular weight excluding hydrogens is 384 g/mol. The second-order valence-corrected chi connectivity index (χ2v) is 7.67. The molecule has 0 bridgehead atoms. The topological polar surface area (TPSA) is 50.7 Å². The molecule has 4 aromatic rings. The number of amides is 1. The number of ether oxygens (including phenoxy) is 1. The van der Waals surface area contributed by atoms with Gasteiger partial charge in [-0.3, -0.25) is 4.79 Å². The van der Waals surface area contributed by atoms with E-state index in [4.69, 9.17) is 4.74 Å². The van der Waals surface area contributed by atoms with E-state index in [1.54, 1.807) is 13.3 Å². The Balaban J connectivity index is 1.41. The minimum atomic E-state index is -0.0769.